The summed E-state index contributed by atoms with van der Waals surface area (Å²) in [5.74, 6) is 0.0413. The van der Waals surface area contributed by atoms with Gasteiger partial charge in [0.2, 0.25) is 5.91 Å². The number of fused-ring (bicyclic) bond motifs is 1. The van der Waals surface area contributed by atoms with Crippen LogP contribution in [-0.2, 0) is 17.8 Å². The molecule has 0 unspecified atom stereocenters. The van der Waals surface area contributed by atoms with Gasteiger partial charge in [0.15, 0.2) is 0 Å². The summed E-state index contributed by atoms with van der Waals surface area (Å²) in [7, 11) is 0. The van der Waals surface area contributed by atoms with Gasteiger partial charge in [-0.25, -0.2) is 0 Å². The Morgan fingerprint density at radius 1 is 1.11 bits per heavy atom. The first kappa shape index (κ1) is 17.1. The number of rotatable bonds is 5. The standard InChI is InChI=1S/C20H15F2N3O2/c21-20(22)27-16-5-1-4-14(7-16)15-8-18-17(24-11-15)9-19(26)25(18)12-13-3-2-6-23-10-13/h1-8,10-11,20H,9,12H2. The zero-order chi connectivity index (χ0) is 18.8. The highest BCUT2D eigenvalue weighted by Crippen LogP contribution is 2.33. The Morgan fingerprint density at radius 3 is 2.78 bits per heavy atom. The molecule has 0 aliphatic carbocycles. The summed E-state index contributed by atoms with van der Waals surface area (Å²) in [5.41, 5.74) is 3.74. The van der Waals surface area contributed by atoms with Crippen LogP contribution in [-0.4, -0.2) is 22.5 Å². The number of ether oxygens (including phenoxy) is 1. The summed E-state index contributed by atoms with van der Waals surface area (Å²) in [6, 6.07) is 12.0. The van der Waals surface area contributed by atoms with Crippen molar-refractivity contribution in [2.45, 2.75) is 19.6 Å². The number of benzene rings is 1. The molecule has 0 radical (unpaired) electrons. The molecular weight excluding hydrogens is 352 g/mol. The van der Waals surface area contributed by atoms with Gasteiger partial charge in [0.05, 0.1) is 24.3 Å². The first-order valence-electron chi connectivity index (χ1n) is 8.33. The number of pyridine rings is 2. The van der Waals surface area contributed by atoms with Gasteiger partial charge in [0, 0.05) is 24.2 Å². The highest BCUT2D eigenvalue weighted by atomic mass is 19.3. The Kier molecular flexibility index (Phi) is 4.50. The van der Waals surface area contributed by atoms with Crippen molar-refractivity contribution >= 4 is 11.6 Å². The second kappa shape index (κ2) is 7.11. The third kappa shape index (κ3) is 3.62. The largest absolute Gasteiger partial charge is 0.435 e. The first-order valence-corrected chi connectivity index (χ1v) is 8.33. The van der Waals surface area contributed by atoms with Crippen LogP contribution >= 0.6 is 0 Å². The number of amides is 1. The second-order valence-electron chi connectivity index (χ2n) is 6.11. The van der Waals surface area contributed by atoms with Crippen molar-refractivity contribution in [3.63, 3.8) is 0 Å². The number of carbonyl (C=O) groups is 1. The minimum Gasteiger partial charge on any atom is -0.435 e. The zero-order valence-electron chi connectivity index (χ0n) is 14.2. The van der Waals surface area contributed by atoms with Crippen molar-refractivity contribution in [2.75, 3.05) is 4.90 Å². The molecule has 1 aliphatic heterocycles. The summed E-state index contributed by atoms with van der Waals surface area (Å²) in [6.07, 6.45) is 5.27. The normalized spacial score (nSPS) is 13.1. The average Bonchev–Trinajstić information content (AvgIpc) is 2.97. The summed E-state index contributed by atoms with van der Waals surface area (Å²) >= 11 is 0. The highest BCUT2D eigenvalue weighted by molar-refractivity contribution is 6.01. The van der Waals surface area contributed by atoms with E-state index < -0.39 is 6.61 Å². The van der Waals surface area contributed by atoms with E-state index in [1.165, 1.54) is 12.1 Å². The van der Waals surface area contributed by atoms with E-state index in [0.29, 0.717) is 17.8 Å². The molecule has 3 aromatic rings. The van der Waals surface area contributed by atoms with Crippen LogP contribution < -0.4 is 9.64 Å². The van der Waals surface area contributed by atoms with Crippen LogP contribution in [0.1, 0.15) is 11.3 Å². The zero-order valence-corrected chi connectivity index (χ0v) is 14.2. The highest BCUT2D eigenvalue weighted by Gasteiger charge is 2.29. The van der Waals surface area contributed by atoms with Gasteiger partial charge in [0.25, 0.3) is 0 Å². The Morgan fingerprint density at radius 2 is 2.00 bits per heavy atom. The lowest BCUT2D eigenvalue weighted by atomic mass is 10.1. The summed E-state index contributed by atoms with van der Waals surface area (Å²) in [4.78, 5) is 22.6. The molecule has 1 aliphatic rings. The minimum absolute atomic E-state index is 0.0340. The molecule has 0 N–H and O–H groups in total. The van der Waals surface area contributed by atoms with Gasteiger partial charge >= 0.3 is 6.61 Å². The van der Waals surface area contributed by atoms with Gasteiger partial charge < -0.3 is 9.64 Å². The number of aromatic nitrogens is 2. The van der Waals surface area contributed by atoms with Crippen molar-refractivity contribution in [1.82, 2.24) is 9.97 Å². The quantitative estimate of drug-likeness (QED) is 0.688. The fourth-order valence-electron chi connectivity index (χ4n) is 3.08. The number of carbonyl (C=O) groups excluding carboxylic acids is 1. The molecule has 27 heavy (non-hydrogen) atoms. The molecule has 0 atom stereocenters. The number of hydrogen-bond donors (Lipinski definition) is 0. The maximum absolute atomic E-state index is 12.5. The van der Waals surface area contributed by atoms with E-state index >= 15 is 0 Å². The van der Waals surface area contributed by atoms with E-state index in [1.807, 2.05) is 18.2 Å². The molecule has 0 saturated carbocycles. The number of hydrogen-bond acceptors (Lipinski definition) is 4. The molecule has 2 aromatic heterocycles. The van der Waals surface area contributed by atoms with E-state index in [1.54, 1.807) is 35.6 Å². The lowest BCUT2D eigenvalue weighted by molar-refractivity contribution is -0.117. The Labute approximate surface area is 154 Å². The fraction of sp³-hybridized carbons (Fsp3) is 0.150. The Hall–Kier alpha value is -3.35. The molecule has 4 rings (SSSR count). The van der Waals surface area contributed by atoms with Gasteiger partial charge in [0.1, 0.15) is 5.75 Å². The monoisotopic (exact) mass is 367 g/mol. The summed E-state index contributed by atoms with van der Waals surface area (Å²) < 4.78 is 29.4. The fourth-order valence-corrected chi connectivity index (χ4v) is 3.08. The maximum Gasteiger partial charge on any atom is 0.387 e. The molecule has 1 amide bonds. The molecule has 0 saturated heterocycles. The van der Waals surface area contributed by atoms with Crippen LogP contribution in [0.2, 0.25) is 0 Å². The second-order valence-corrected chi connectivity index (χ2v) is 6.11. The molecule has 3 heterocycles. The number of alkyl halides is 2. The van der Waals surface area contributed by atoms with Gasteiger partial charge in [-0.1, -0.05) is 18.2 Å². The van der Waals surface area contributed by atoms with Gasteiger partial charge in [-0.05, 0) is 35.4 Å². The van der Waals surface area contributed by atoms with Crippen LogP contribution in [0.5, 0.6) is 5.75 Å². The summed E-state index contributed by atoms with van der Waals surface area (Å²) in [6.45, 7) is -2.48. The van der Waals surface area contributed by atoms with Gasteiger partial charge in [-0.2, -0.15) is 8.78 Å². The minimum atomic E-state index is -2.88. The van der Waals surface area contributed by atoms with Crippen LogP contribution in [0.4, 0.5) is 14.5 Å². The lowest BCUT2D eigenvalue weighted by Crippen LogP contribution is -2.26. The molecule has 0 fully saturated rings. The molecule has 1 aromatic carbocycles. The molecule has 0 bridgehead atoms. The van der Waals surface area contributed by atoms with Crippen molar-refractivity contribution < 1.29 is 18.3 Å². The smallest absolute Gasteiger partial charge is 0.387 e. The summed E-state index contributed by atoms with van der Waals surface area (Å²) in [5, 5.41) is 0. The lowest BCUT2D eigenvalue weighted by Gasteiger charge is -2.18. The number of nitrogens with zero attached hydrogens (tertiary/aromatic N) is 3. The van der Waals surface area contributed by atoms with E-state index in [9.17, 15) is 13.6 Å². The molecule has 5 nitrogen and oxygen atoms in total. The van der Waals surface area contributed by atoms with Crippen molar-refractivity contribution in [2.24, 2.45) is 0 Å². The van der Waals surface area contributed by atoms with Crippen LogP contribution in [0.15, 0.2) is 61.1 Å². The maximum atomic E-state index is 12.5. The predicted molar refractivity (Wildman–Crippen MR) is 95.4 cm³/mol. The number of anilines is 1. The molecule has 7 heteroatoms. The third-order valence-electron chi connectivity index (χ3n) is 4.31. The predicted octanol–water partition coefficient (Wildman–Crippen LogP) is 3.83. The molecular formula is C20H15F2N3O2. The van der Waals surface area contributed by atoms with Crippen LogP contribution in [0, 0.1) is 0 Å². The van der Waals surface area contributed by atoms with E-state index in [-0.39, 0.29) is 18.1 Å². The van der Waals surface area contributed by atoms with Crippen molar-refractivity contribution in [1.29, 1.82) is 0 Å². The van der Waals surface area contributed by atoms with Crippen molar-refractivity contribution in [3.8, 4) is 16.9 Å². The van der Waals surface area contributed by atoms with Gasteiger partial charge in [-0.3, -0.25) is 14.8 Å². The number of halogens is 2. The molecule has 0 spiro atoms. The Bertz CT molecular complexity index is 980. The average molecular weight is 367 g/mol. The van der Waals surface area contributed by atoms with E-state index in [4.69, 9.17) is 0 Å². The SMILES string of the molecule is O=C1Cc2ncc(-c3cccc(OC(F)F)c3)cc2N1Cc1cccnc1. The van der Waals surface area contributed by atoms with Gasteiger partial charge in [-0.15, -0.1) is 0 Å². The molecule has 136 valence electrons. The van der Waals surface area contributed by atoms with Crippen LogP contribution in [0.25, 0.3) is 11.1 Å². The van der Waals surface area contributed by atoms with Crippen molar-refractivity contribution in [3.05, 3.63) is 72.3 Å². The van der Waals surface area contributed by atoms with Crippen LogP contribution in [0.3, 0.4) is 0 Å². The topological polar surface area (TPSA) is 55.3 Å². The van der Waals surface area contributed by atoms with E-state index in [0.717, 1.165) is 16.8 Å². The first-order chi connectivity index (χ1) is 13.1. The third-order valence-corrected chi connectivity index (χ3v) is 4.31. The Balaban J connectivity index is 1.66. The van der Waals surface area contributed by atoms with E-state index in [2.05, 4.69) is 14.7 Å².